The highest BCUT2D eigenvalue weighted by Crippen LogP contribution is 2.04. The fourth-order valence-corrected chi connectivity index (χ4v) is 1.62. The normalized spacial score (nSPS) is 19.3. The number of rotatable bonds is 4. The lowest BCUT2D eigenvalue weighted by Gasteiger charge is -2.23. The Morgan fingerprint density at radius 2 is 2.56 bits per heavy atom. The largest absolute Gasteiger partial charge is 0.464 e. The predicted octanol–water partition coefficient (Wildman–Crippen LogP) is -0.336. The Labute approximate surface area is 105 Å². The molecule has 1 unspecified atom stereocenters. The van der Waals surface area contributed by atoms with E-state index in [9.17, 15) is 4.79 Å². The summed E-state index contributed by atoms with van der Waals surface area (Å²) in [5, 5.41) is 6.32. The van der Waals surface area contributed by atoms with E-state index >= 15 is 0 Å². The third-order valence-electron chi connectivity index (χ3n) is 2.54. The zero-order chi connectivity index (χ0) is 12.8. The summed E-state index contributed by atoms with van der Waals surface area (Å²) < 4.78 is 10.1. The van der Waals surface area contributed by atoms with Crippen LogP contribution in [0.15, 0.2) is 12.4 Å². The smallest absolute Gasteiger partial charge is 0.358 e. The van der Waals surface area contributed by atoms with Crippen LogP contribution in [0, 0.1) is 0 Å². The molecule has 0 aliphatic carbocycles. The van der Waals surface area contributed by atoms with Gasteiger partial charge in [-0.1, -0.05) is 0 Å². The van der Waals surface area contributed by atoms with Crippen LogP contribution in [-0.2, 0) is 9.47 Å². The molecule has 18 heavy (non-hydrogen) atoms. The Balaban J connectivity index is 1.90. The van der Waals surface area contributed by atoms with Gasteiger partial charge in [0.2, 0.25) is 0 Å². The predicted molar refractivity (Wildman–Crippen MR) is 64.5 cm³/mol. The van der Waals surface area contributed by atoms with Crippen molar-refractivity contribution in [1.82, 2.24) is 15.3 Å². The van der Waals surface area contributed by atoms with E-state index in [1.54, 1.807) is 6.20 Å². The zero-order valence-corrected chi connectivity index (χ0v) is 10.2. The van der Waals surface area contributed by atoms with Gasteiger partial charge in [0.25, 0.3) is 0 Å². The van der Waals surface area contributed by atoms with E-state index in [0.717, 1.165) is 13.1 Å². The Kier molecular flexibility index (Phi) is 4.43. The van der Waals surface area contributed by atoms with Crippen LogP contribution in [0.25, 0.3) is 0 Å². The van der Waals surface area contributed by atoms with Crippen LogP contribution in [0.1, 0.15) is 10.5 Å². The molecule has 2 rings (SSSR count). The van der Waals surface area contributed by atoms with E-state index in [-0.39, 0.29) is 11.8 Å². The summed E-state index contributed by atoms with van der Waals surface area (Å²) in [4.78, 5) is 19.3. The maximum Gasteiger partial charge on any atom is 0.358 e. The van der Waals surface area contributed by atoms with Crippen LogP contribution >= 0.6 is 0 Å². The number of morpholine rings is 1. The number of ether oxygens (including phenoxy) is 2. The summed E-state index contributed by atoms with van der Waals surface area (Å²) in [6.45, 7) is 3.01. The minimum atomic E-state index is -0.498. The van der Waals surface area contributed by atoms with E-state index in [0.29, 0.717) is 19.0 Å². The molecule has 1 saturated heterocycles. The van der Waals surface area contributed by atoms with Crippen LogP contribution < -0.4 is 10.6 Å². The molecule has 0 bridgehead atoms. The van der Waals surface area contributed by atoms with Crippen molar-refractivity contribution in [2.45, 2.75) is 6.10 Å². The Bertz CT molecular complexity index is 407. The monoisotopic (exact) mass is 252 g/mol. The van der Waals surface area contributed by atoms with E-state index in [2.05, 4.69) is 25.3 Å². The van der Waals surface area contributed by atoms with Crippen LogP contribution in [-0.4, -0.2) is 55.4 Å². The van der Waals surface area contributed by atoms with Crippen molar-refractivity contribution >= 4 is 11.8 Å². The number of hydrogen-bond donors (Lipinski definition) is 2. The summed E-state index contributed by atoms with van der Waals surface area (Å²) in [6.07, 6.45) is 3.03. The van der Waals surface area contributed by atoms with E-state index in [1.807, 2.05) is 0 Å². The molecule has 7 nitrogen and oxygen atoms in total. The summed E-state index contributed by atoms with van der Waals surface area (Å²) in [7, 11) is 1.31. The minimum absolute atomic E-state index is 0.0994. The first-order valence-electron chi connectivity index (χ1n) is 5.76. The van der Waals surface area contributed by atoms with Gasteiger partial charge in [-0.2, -0.15) is 0 Å². The number of aromatic nitrogens is 2. The van der Waals surface area contributed by atoms with E-state index in [4.69, 9.17) is 4.74 Å². The molecule has 1 aromatic rings. The van der Waals surface area contributed by atoms with Gasteiger partial charge in [-0.05, 0) is 0 Å². The molecule has 0 aromatic carbocycles. The molecule has 0 saturated carbocycles. The molecule has 7 heteroatoms. The number of hydrogen-bond acceptors (Lipinski definition) is 7. The van der Waals surface area contributed by atoms with Gasteiger partial charge in [-0.15, -0.1) is 0 Å². The number of carbonyl (C=O) groups excluding carboxylic acids is 1. The first-order valence-corrected chi connectivity index (χ1v) is 5.76. The molecule has 1 atom stereocenters. The van der Waals surface area contributed by atoms with Crippen LogP contribution in [0.2, 0.25) is 0 Å². The third-order valence-corrected chi connectivity index (χ3v) is 2.54. The van der Waals surface area contributed by atoms with E-state index in [1.165, 1.54) is 13.3 Å². The molecule has 1 aliphatic heterocycles. The van der Waals surface area contributed by atoms with Gasteiger partial charge >= 0.3 is 5.97 Å². The molecule has 1 aromatic heterocycles. The average molecular weight is 252 g/mol. The number of nitrogens with zero attached hydrogens (tertiary/aromatic N) is 2. The summed E-state index contributed by atoms with van der Waals surface area (Å²) in [5.74, 6) is 0.0359. The quantitative estimate of drug-likeness (QED) is 0.709. The van der Waals surface area contributed by atoms with E-state index < -0.39 is 5.97 Å². The second kappa shape index (κ2) is 6.27. The topological polar surface area (TPSA) is 85.4 Å². The zero-order valence-electron chi connectivity index (χ0n) is 10.2. The lowest BCUT2D eigenvalue weighted by molar-refractivity contribution is 0.0372. The van der Waals surface area contributed by atoms with Crippen molar-refractivity contribution in [2.24, 2.45) is 0 Å². The lowest BCUT2D eigenvalue weighted by atomic mass is 10.3. The average Bonchev–Trinajstić information content (AvgIpc) is 2.45. The first kappa shape index (κ1) is 12.7. The van der Waals surface area contributed by atoms with Crippen LogP contribution in [0.3, 0.4) is 0 Å². The number of methoxy groups -OCH3 is 1. The highest BCUT2D eigenvalue weighted by molar-refractivity contribution is 5.87. The van der Waals surface area contributed by atoms with Crippen molar-refractivity contribution in [3.05, 3.63) is 18.1 Å². The fraction of sp³-hybridized carbons (Fsp3) is 0.545. The number of anilines is 1. The van der Waals surface area contributed by atoms with Crippen molar-refractivity contribution in [1.29, 1.82) is 0 Å². The maximum atomic E-state index is 11.3. The second-order valence-electron chi connectivity index (χ2n) is 3.86. The Morgan fingerprint density at radius 1 is 1.67 bits per heavy atom. The minimum Gasteiger partial charge on any atom is -0.464 e. The van der Waals surface area contributed by atoms with Gasteiger partial charge in [0.15, 0.2) is 5.69 Å². The van der Waals surface area contributed by atoms with Crippen LogP contribution in [0.5, 0.6) is 0 Å². The third kappa shape index (κ3) is 3.38. The molecule has 1 fully saturated rings. The van der Waals surface area contributed by atoms with Gasteiger partial charge in [0.1, 0.15) is 5.82 Å². The molecule has 98 valence electrons. The number of nitrogens with one attached hydrogen (secondary N) is 2. The first-order chi connectivity index (χ1) is 8.79. The molecule has 0 amide bonds. The van der Waals surface area contributed by atoms with Gasteiger partial charge in [0, 0.05) is 19.6 Å². The maximum absolute atomic E-state index is 11.3. The number of esters is 1. The molecule has 0 spiro atoms. The SMILES string of the molecule is COC(=O)c1cncc(NCC2CNCCO2)n1. The highest BCUT2D eigenvalue weighted by Gasteiger charge is 2.14. The Hall–Kier alpha value is -1.73. The van der Waals surface area contributed by atoms with Crippen molar-refractivity contribution in [3.8, 4) is 0 Å². The molecule has 1 aliphatic rings. The van der Waals surface area contributed by atoms with Crippen molar-refractivity contribution < 1.29 is 14.3 Å². The second-order valence-corrected chi connectivity index (χ2v) is 3.86. The number of carbonyl (C=O) groups is 1. The van der Waals surface area contributed by atoms with Crippen molar-refractivity contribution in [2.75, 3.05) is 38.7 Å². The molecular formula is C11H16N4O3. The van der Waals surface area contributed by atoms with Gasteiger partial charge in [0.05, 0.1) is 32.2 Å². The summed E-state index contributed by atoms with van der Waals surface area (Å²) in [5.41, 5.74) is 0.185. The fourth-order valence-electron chi connectivity index (χ4n) is 1.62. The van der Waals surface area contributed by atoms with Crippen molar-refractivity contribution in [3.63, 3.8) is 0 Å². The standard InChI is InChI=1S/C11H16N4O3/c1-17-11(16)9-6-13-7-10(15-9)14-5-8-4-12-2-3-18-8/h6-8,12H,2-5H2,1H3,(H,14,15). The van der Waals surface area contributed by atoms with Crippen LogP contribution in [0.4, 0.5) is 5.82 Å². The Morgan fingerprint density at radius 3 is 3.28 bits per heavy atom. The lowest BCUT2D eigenvalue weighted by Crippen LogP contribution is -2.42. The molecular weight excluding hydrogens is 236 g/mol. The molecule has 2 N–H and O–H groups in total. The highest BCUT2D eigenvalue weighted by atomic mass is 16.5. The summed E-state index contributed by atoms with van der Waals surface area (Å²) in [6, 6.07) is 0. The summed E-state index contributed by atoms with van der Waals surface area (Å²) >= 11 is 0. The molecule has 2 heterocycles. The molecule has 0 radical (unpaired) electrons. The van der Waals surface area contributed by atoms with Gasteiger partial charge < -0.3 is 20.1 Å². The van der Waals surface area contributed by atoms with Gasteiger partial charge in [-0.25, -0.2) is 9.78 Å². The van der Waals surface area contributed by atoms with Gasteiger partial charge in [-0.3, -0.25) is 4.98 Å².